The summed E-state index contributed by atoms with van der Waals surface area (Å²) < 4.78 is 0. The van der Waals surface area contributed by atoms with Crippen LogP contribution in [0.15, 0.2) is 11.6 Å². The van der Waals surface area contributed by atoms with Gasteiger partial charge in [0.1, 0.15) is 0 Å². The second-order valence-electron chi connectivity index (χ2n) is 2.07. The van der Waals surface area contributed by atoms with Crippen molar-refractivity contribution < 1.29 is 0 Å². The van der Waals surface area contributed by atoms with E-state index in [0.29, 0.717) is 0 Å². The molecule has 0 aliphatic rings. The molecule has 0 fully saturated rings. The van der Waals surface area contributed by atoms with Crippen LogP contribution in [0.3, 0.4) is 0 Å². The highest BCUT2D eigenvalue weighted by molar-refractivity contribution is 6.25. The molecule has 56 valence electrons. The molecule has 0 aliphatic carbocycles. The molecule has 0 rings (SSSR count). The van der Waals surface area contributed by atoms with Crippen LogP contribution in [0.1, 0.15) is 32.6 Å². The predicted molar refractivity (Wildman–Crippen MR) is 46.9 cm³/mol. The molecule has 0 atom stereocenters. The van der Waals surface area contributed by atoms with Crippen LogP contribution in [0.2, 0.25) is 0 Å². The van der Waals surface area contributed by atoms with Crippen molar-refractivity contribution in [3.05, 3.63) is 11.6 Å². The lowest BCUT2D eigenvalue weighted by atomic mass is 10.2. The van der Waals surface area contributed by atoms with Gasteiger partial charge in [-0.05, 0) is 12.5 Å². The standard InChI is InChI=1S/C9H13Cl/c1-2-3-4-5-6-7-8-9-10/h8-9H,2-5H2,1H3/b9-8+. The fraction of sp³-hybridized carbons (Fsp3) is 0.556. The van der Waals surface area contributed by atoms with Crippen molar-refractivity contribution in [3.8, 4) is 11.8 Å². The summed E-state index contributed by atoms with van der Waals surface area (Å²) in [4.78, 5) is 0. The molecule has 0 amide bonds. The minimum absolute atomic E-state index is 0.995. The van der Waals surface area contributed by atoms with E-state index in [4.69, 9.17) is 11.6 Å². The number of halogens is 1. The first-order chi connectivity index (χ1) is 4.91. The smallest absolute Gasteiger partial charge is 0.0126 e. The maximum atomic E-state index is 5.26. The topological polar surface area (TPSA) is 0 Å². The van der Waals surface area contributed by atoms with Gasteiger partial charge in [-0.2, -0.15) is 0 Å². The van der Waals surface area contributed by atoms with Crippen LogP contribution in [0.4, 0.5) is 0 Å². The van der Waals surface area contributed by atoms with Gasteiger partial charge in [-0.1, -0.05) is 43.2 Å². The van der Waals surface area contributed by atoms with Gasteiger partial charge in [-0.25, -0.2) is 0 Å². The second kappa shape index (κ2) is 8.59. The summed E-state index contributed by atoms with van der Waals surface area (Å²) in [6.07, 6.45) is 6.40. The van der Waals surface area contributed by atoms with Crippen LogP contribution in [0, 0.1) is 11.8 Å². The van der Waals surface area contributed by atoms with Crippen LogP contribution in [-0.2, 0) is 0 Å². The first-order valence-electron chi connectivity index (χ1n) is 3.65. The fourth-order valence-electron chi connectivity index (χ4n) is 0.626. The zero-order chi connectivity index (χ0) is 7.66. The van der Waals surface area contributed by atoms with Crippen molar-refractivity contribution >= 4 is 11.6 Å². The minimum atomic E-state index is 0.995. The summed E-state index contributed by atoms with van der Waals surface area (Å²) in [5.74, 6) is 5.83. The normalized spacial score (nSPS) is 9.40. The largest absolute Gasteiger partial charge is 0.0985 e. The maximum absolute atomic E-state index is 5.26. The van der Waals surface area contributed by atoms with E-state index in [1.807, 2.05) is 0 Å². The van der Waals surface area contributed by atoms with Crippen LogP contribution in [0.25, 0.3) is 0 Å². The summed E-state index contributed by atoms with van der Waals surface area (Å²) in [5.41, 5.74) is 1.44. The molecule has 0 aromatic rings. The monoisotopic (exact) mass is 156 g/mol. The van der Waals surface area contributed by atoms with Gasteiger partial charge >= 0.3 is 0 Å². The highest BCUT2D eigenvalue weighted by atomic mass is 35.5. The van der Waals surface area contributed by atoms with E-state index < -0.39 is 0 Å². The third kappa shape index (κ3) is 7.59. The van der Waals surface area contributed by atoms with Crippen molar-refractivity contribution in [1.29, 1.82) is 0 Å². The first kappa shape index (κ1) is 9.59. The van der Waals surface area contributed by atoms with Crippen molar-refractivity contribution in [2.45, 2.75) is 32.6 Å². The molecule has 0 aromatic heterocycles. The highest BCUT2D eigenvalue weighted by Crippen LogP contribution is 1.96. The van der Waals surface area contributed by atoms with Gasteiger partial charge in [-0.3, -0.25) is 0 Å². The van der Waals surface area contributed by atoms with Gasteiger partial charge in [0.15, 0.2) is 0 Å². The van der Waals surface area contributed by atoms with Gasteiger partial charge in [0.2, 0.25) is 0 Å². The quantitative estimate of drug-likeness (QED) is 0.435. The van der Waals surface area contributed by atoms with Crippen LogP contribution < -0.4 is 0 Å². The van der Waals surface area contributed by atoms with E-state index in [2.05, 4.69) is 18.8 Å². The Bertz CT molecular complexity index is 137. The number of hydrogen-bond donors (Lipinski definition) is 0. The zero-order valence-electron chi connectivity index (χ0n) is 6.36. The Morgan fingerprint density at radius 2 is 2.20 bits per heavy atom. The molecule has 0 aromatic carbocycles. The Labute approximate surface area is 68.3 Å². The van der Waals surface area contributed by atoms with Gasteiger partial charge in [0.05, 0.1) is 0 Å². The third-order valence-corrected chi connectivity index (χ3v) is 1.28. The summed E-state index contributed by atoms with van der Waals surface area (Å²) in [7, 11) is 0. The number of rotatable bonds is 3. The summed E-state index contributed by atoms with van der Waals surface area (Å²) in [6, 6.07) is 0. The third-order valence-electron chi connectivity index (χ3n) is 1.15. The van der Waals surface area contributed by atoms with E-state index in [-0.39, 0.29) is 0 Å². The minimum Gasteiger partial charge on any atom is -0.0985 e. The molecular formula is C9H13Cl. The van der Waals surface area contributed by atoms with Gasteiger partial charge in [0, 0.05) is 12.0 Å². The van der Waals surface area contributed by atoms with Crippen LogP contribution in [0.5, 0.6) is 0 Å². The fourth-order valence-corrected chi connectivity index (χ4v) is 0.689. The molecular weight excluding hydrogens is 144 g/mol. The predicted octanol–water partition coefficient (Wildman–Crippen LogP) is 3.32. The molecule has 0 bridgehead atoms. The van der Waals surface area contributed by atoms with E-state index in [9.17, 15) is 0 Å². The summed E-state index contributed by atoms with van der Waals surface area (Å²) in [5, 5.41) is 0. The number of hydrogen-bond acceptors (Lipinski definition) is 0. The lowest BCUT2D eigenvalue weighted by Gasteiger charge is -1.86. The molecule has 0 saturated carbocycles. The molecule has 0 N–H and O–H groups in total. The molecule has 0 nitrogen and oxygen atoms in total. The van der Waals surface area contributed by atoms with Crippen LogP contribution in [-0.4, -0.2) is 0 Å². The molecule has 0 spiro atoms. The summed E-state index contributed by atoms with van der Waals surface area (Å²) >= 11 is 5.26. The van der Waals surface area contributed by atoms with E-state index in [1.165, 1.54) is 24.8 Å². The van der Waals surface area contributed by atoms with Gasteiger partial charge in [0.25, 0.3) is 0 Å². The van der Waals surface area contributed by atoms with E-state index in [0.717, 1.165) is 6.42 Å². The molecule has 0 heterocycles. The molecule has 0 aliphatic heterocycles. The first-order valence-corrected chi connectivity index (χ1v) is 4.09. The molecule has 10 heavy (non-hydrogen) atoms. The molecule has 0 unspecified atom stereocenters. The van der Waals surface area contributed by atoms with Crippen molar-refractivity contribution in [1.82, 2.24) is 0 Å². The average Bonchev–Trinajstić information content (AvgIpc) is 1.97. The Kier molecular flexibility index (Phi) is 8.24. The lowest BCUT2D eigenvalue weighted by molar-refractivity contribution is 0.737. The number of allylic oxidation sites excluding steroid dienone is 1. The second-order valence-corrected chi connectivity index (χ2v) is 2.32. The lowest BCUT2D eigenvalue weighted by Crippen LogP contribution is -1.69. The van der Waals surface area contributed by atoms with Crippen molar-refractivity contribution in [3.63, 3.8) is 0 Å². The van der Waals surface area contributed by atoms with Gasteiger partial charge < -0.3 is 0 Å². The van der Waals surface area contributed by atoms with Crippen LogP contribution >= 0.6 is 11.6 Å². The maximum Gasteiger partial charge on any atom is 0.0126 e. The number of unbranched alkanes of at least 4 members (excludes halogenated alkanes) is 3. The molecule has 1 heteroatoms. The Morgan fingerprint density at radius 1 is 1.40 bits per heavy atom. The average molecular weight is 157 g/mol. The molecule has 0 saturated heterocycles. The molecule has 0 radical (unpaired) electrons. The Balaban J connectivity index is 3.12. The Morgan fingerprint density at radius 3 is 2.80 bits per heavy atom. The van der Waals surface area contributed by atoms with Crippen molar-refractivity contribution in [2.24, 2.45) is 0 Å². The SMILES string of the molecule is CCCCCC#C/C=C/Cl. The van der Waals surface area contributed by atoms with E-state index >= 15 is 0 Å². The van der Waals surface area contributed by atoms with E-state index in [1.54, 1.807) is 6.08 Å². The zero-order valence-corrected chi connectivity index (χ0v) is 7.12. The Hall–Kier alpha value is -0.410. The van der Waals surface area contributed by atoms with Gasteiger partial charge in [-0.15, -0.1) is 0 Å². The van der Waals surface area contributed by atoms with Crippen molar-refractivity contribution in [2.75, 3.05) is 0 Å². The summed E-state index contributed by atoms with van der Waals surface area (Å²) in [6.45, 7) is 2.19. The highest BCUT2D eigenvalue weighted by Gasteiger charge is 1.78.